The number of hydrogen-bond acceptors (Lipinski definition) is 5. The molecule has 2 heterocycles. The van der Waals surface area contributed by atoms with Crippen molar-refractivity contribution in [2.75, 3.05) is 16.4 Å². The van der Waals surface area contributed by atoms with Crippen LogP contribution in [0.3, 0.4) is 0 Å². The molecule has 170 valence electrons. The Morgan fingerprint density at radius 2 is 2.03 bits per heavy atom. The van der Waals surface area contributed by atoms with Crippen LogP contribution in [0, 0.1) is 12.8 Å². The van der Waals surface area contributed by atoms with Crippen molar-refractivity contribution in [1.82, 2.24) is 0 Å². The highest BCUT2D eigenvalue weighted by molar-refractivity contribution is 8.16. The van der Waals surface area contributed by atoms with E-state index in [0.717, 1.165) is 5.56 Å². The zero-order valence-corrected chi connectivity index (χ0v) is 20.5. The van der Waals surface area contributed by atoms with Crippen LogP contribution in [0.1, 0.15) is 25.8 Å². The number of nitrogens with zero attached hydrogens (tertiary/aromatic N) is 2. The predicted molar refractivity (Wildman–Crippen MR) is 131 cm³/mol. The van der Waals surface area contributed by atoms with Gasteiger partial charge >= 0.3 is 0 Å². The first-order valence-electron chi connectivity index (χ1n) is 10.4. The first-order chi connectivity index (χ1) is 15.1. The number of hydrogen-bond donors (Lipinski definition) is 0. The van der Waals surface area contributed by atoms with Gasteiger partial charge in [0.25, 0.3) is 0 Å². The minimum Gasteiger partial charge on any atom is -0.455 e. The summed E-state index contributed by atoms with van der Waals surface area (Å²) in [5.41, 5.74) is 1.66. The van der Waals surface area contributed by atoms with Crippen molar-refractivity contribution in [2.24, 2.45) is 10.9 Å². The lowest BCUT2D eigenvalue weighted by molar-refractivity contribution is -0.118. The monoisotopic (exact) mass is 492 g/mol. The van der Waals surface area contributed by atoms with E-state index in [2.05, 4.69) is 4.99 Å². The summed E-state index contributed by atoms with van der Waals surface area (Å²) in [6.07, 6.45) is 0.327. The van der Waals surface area contributed by atoms with Crippen LogP contribution in [0.15, 0.2) is 47.5 Å². The van der Waals surface area contributed by atoms with E-state index in [0.29, 0.717) is 33.8 Å². The number of carbonyl (C=O) groups is 1. The van der Waals surface area contributed by atoms with Gasteiger partial charge in [0.2, 0.25) is 5.91 Å². The summed E-state index contributed by atoms with van der Waals surface area (Å²) in [4.78, 5) is 18.7. The van der Waals surface area contributed by atoms with E-state index in [4.69, 9.17) is 16.3 Å². The SMILES string of the molecule is Cc1cccc(Oc2ccc(Cl)cc2N2C(=NC(=O)CC(C)C)S[C@@H]3CS(=O)(=O)C[C@@H]32)c1. The molecule has 2 aliphatic rings. The molecule has 0 aromatic heterocycles. The van der Waals surface area contributed by atoms with Gasteiger partial charge in [-0.2, -0.15) is 4.99 Å². The van der Waals surface area contributed by atoms with Crippen molar-refractivity contribution in [1.29, 1.82) is 0 Å². The summed E-state index contributed by atoms with van der Waals surface area (Å²) in [5, 5.41) is 0.784. The van der Waals surface area contributed by atoms with Gasteiger partial charge in [-0.1, -0.05) is 49.3 Å². The average Bonchev–Trinajstić information content (AvgIpc) is 3.13. The molecular weight excluding hydrogens is 468 g/mol. The summed E-state index contributed by atoms with van der Waals surface area (Å²) >= 11 is 7.67. The summed E-state index contributed by atoms with van der Waals surface area (Å²) in [5.74, 6) is 1.19. The number of amides is 1. The molecule has 2 saturated heterocycles. The van der Waals surface area contributed by atoms with Gasteiger partial charge in [-0.3, -0.25) is 4.79 Å². The quantitative estimate of drug-likeness (QED) is 0.578. The van der Waals surface area contributed by atoms with E-state index >= 15 is 0 Å². The molecule has 2 aromatic rings. The number of carbonyl (C=O) groups excluding carboxylic acids is 1. The van der Waals surface area contributed by atoms with E-state index in [1.165, 1.54) is 11.8 Å². The third-order valence-electron chi connectivity index (χ3n) is 5.27. The van der Waals surface area contributed by atoms with Crippen molar-refractivity contribution >= 4 is 50.0 Å². The van der Waals surface area contributed by atoms with Crippen molar-refractivity contribution in [3.05, 3.63) is 53.1 Å². The molecular formula is C23H25ClN2O4S2. The number of ether oxygens (including phenoxy) is 1. The van der Waals surface area contributed by atoms with Gasteiger partial charge in [0.1, 0.15) is 5.75 Å². The van der Waals surface area contributed by atoms with Gasteiger partial charge in [-0.05, 0) is 48.7 Å². The number of rotatable bonds is 5. The van der Waals surface area contributed by atoms with Crippen LogP contribution in [0.4, 0.5) is 5.69 Å². The van der Waals surface area contributed by atoms with Crippen LogP contribution in [-0.2, 0) is 14.6 Å². The molecule has 9 heteroatoms. The number of aliphatic imine (C=N–C) groups is 1. The average molecular weight is 493 g/mol. The highest BCUT2D eigenvalue weighted by atomic mass is 35.5. The molecule has 0 saturated carbocycles. The molecule has 0 radical (unpaired) electrons. The highest BCUT2D eigenvalue weighted by Gasteiger charge is 2.50. The number of sulfone groups is 1. The fraction of sp³-hybridized carbons (Fsp3) is 0.391. The maximum atomic E-state index is 12.5. The van der Waals surface area contributed by atoms with Crippen LogP contribution in [-0.4, -0.2) is 42.3 Å². The number of halogens is 1. The van der Waals surface area contributed by atoms with E-state index in [9.17, 15) is 13.2 Å². The Morgan fingerprint density at radius 3 is 2.75 bits per heavy atom. The first kappa shape index (κ1) is 23.1. The van der Waals surface area contributed by atoms with Gasteiger partial charge in [0, 0.05) is 16.7 Å². The van der Waals surface area contributed by atoms with Gasteiger partial charge in [0.15, 0.2) is 20.8 Å². The minimum atomic E-state index is -3.18. The first-order valence-corrected chi connectivity index (χ1v) is 13.5. The number of aryl methyl sites for hydroxylation is 1. The van der Waals surface area contributed by atoms with Gasteiger partial charge in [0.05, 0.1) is 23.2 Å². The molecule has 2 aromatic carbocycles. The second-order valence-corrected chi connectivity index (χ2v) is 12.4. The Kier molecular flexibility index (Phi) is 6.56. The molecule has 0 bridgehead atoms. The predicted octanol–water partition coefficient (Wildman–Crippen LogP) is 5.09. The minimum absolute atomic E-state index is 0.00153. The van der Waals surface area contributed by atoms with Gasteiger partial charge in [-0.15, -0.1) is 0 Å². The standard InChI is InChI=1S/C23H25ClN2O4S2/c1-14(2)9-22(27)25-23-26(19-12-32(28,29)13-21(19)31-23)18-11-16(24)7-8-20(18)30-17-6-4-5-15(3)10-17/h4-8,10-11,14,19,21H,9,12-13H2,1-3H3/t19-,21+/m0/s1. The Labute approximate surface area is 197 Å². The zero-order chi connectivity index (χ0) is 23.0. The van der Waals surface area contributed by atoms with Crippen molar-refractivity contribution in [3.63, 3.8) is 0 Å². The van der Waals surface area contributed by atoms with Gasteiger partial charge in [-0.25, -0.2) is 8.42 Å². The van der Waals surface area contributed by atoms with Crippen LogP contribution in [0.25, 0.3) is 0 Å². The van der Waals surface area contributed by atoms with Crippen LogP contribution < -0.4 is 9.64 Å². The molecule has 1 amide bonds. The fourth-order valence-electron chi connectivity index (χ4n) is 3.92. The Hall–Kier alpha value is -2.03. The maximum Gasteiger partial charge on any atom is 0.248 e. The summed E-state index contributed by atoms with van der Waals surface area (Å²) in [6.45, 7) is 5.90. The van der Waals surface area contributed by atoms with Crippen LogP contribution in [0.2, 0.25) is 5.02 Å². The van der Waals surface area contributed by atoms with Crippen molar-refractivity contribution in [3.8, 4) is 11.5 Å². The van der Waals surface area contributed by atoms with E-state index in [1.807, 2.05) is 49.9 Å². The topological polar surface area (TPSA) is 76.0 Å². The third kappa shape index (κ3) is 5.13. The number of benzene rings is 2. The van der Waals surface area contributed by atoms with Crippen LogP contribution >= 0.6 is 23.4 Å². The largest absolute Gasteiger partial charge is 0.455 e. The Bertz CT molecular complexity index is 1180. The molecule has 2 aliphatic heterocycles. The number of anilines is 1. The normalized spacial score (nSPS) is 23.0. The highest BCUT2D eigenvalue weighted by Crippen LogP contribution is 2.45. The molecule has 0 N–H and O–H groups in total. The molecule has 0 aliphatic carbocycles. The smallest absolute Gasteiger partial charge is 0.248 e. The second-order valence-electron chi connectivity index (χ2n) is 8.59. The molecule has 6 nitrogen and oxygen atoms in total. The van der Waals surface area contributed by atoms with E-state index in [-0.39, 0.29) is 34.6 Å². The lowest BCUT2D eigenvalue weighted by Crippen LogP contribution is -2.38. The van der Waals surface area contributed by atoms with Crippen molar-refractivity contribution in [2.45, 2.75) is 38.5 Å². The van der Waals surface area contributed by atoms with E-state index in [1.54, 1.807) is 18.2 Å². The Balaban J connectivity index is 1.77. The lowest BCUT2D eigenvalue weighted by Gasteiger charge is -2.27. The number of amidine groups is 1. The van der Waals surface area contributed by atoms with Crippen molar-refractivity contribution < 1.29 is 17.9 Å². The molecule has 32 heavy (non-hydrogen) atoms. The van der Waals surface area contributed by atoms with Gasteiger partial charge < -0.3 is 9.64 Å². The number of fused-ring (bicyclic) bond motifs is 1. The Morgan fingerprint density at radius 1 is 1.25 bits per heavy atom. The summed E-state index contributed by atoms with van der Waals surface area (Å²) < 4.78 is 30.9. The summed E-state index contributed by atoms with van der Waals surface area (Å²) in [6, 6.07) is 12.5. The number of thioether (sulfide) groups is 1. The second kappa shape index (κ2) is 9.08. The maximum absolute atomic E-state index is 12.5. The molecule has 4 rings (SSSR count). The summed E-state index contributed by atoms with van der Waals surface area (Å²) in [7, 11) is -3.18. The molecule has 2 fully saturated rings. The molecule has 2 atom stereocenters. The van der Waals surface area contributed by atoms with E-state index < -0.39 is 9.84 Å². The zero-order valence-electron chi connectivity index (χ0n) is 18.1. The third-order valence-corrected chi connectivity index (χ3v) is 8.71. The van der Waals surface area contributed by atoms with Crippen LogP contribution in [0.5, 0.6) is 11.5 Å². The molecule has 0 spiro atoms. The fourth-order valence-corrected chi connectivity index (χ4v) is 8.01. The lowest BCUT2D eigenvalue weighted by atomic mass is 10.1. The molecule has 0 unspecified atom stereocenters.